The van der Waals surface area contributed by atoms with Crippen molar-refractivity contribution in [2.75, 3.05) is 12.3 Å². The summed E-state index contributed by atoms with van der Waals surface area (Å²) in [6, 6.07) is 0. The van der Waals surface area contributed by atoms with Crippen LogP contribution in [0.5, 0.6) is 0 Å². The SMILES string of the molecule is CC(CC(C)(C)C)CP(=O)(O)O.CC(CC(C)(C)C)CP(=O)([O-])O.CCCCCCCn1cc[n+](C)c1. The minimum absolute atomic E-state index is 0.00424. The standard InChI is InChI=1S/C11H21N2.2C8H19O3P/c1-3-4-5-6-7-8-13-10-9-12(2)11-13;2*1-7(5-8(2,3)4)6-12(9,10)11/h9-11H,3-8H2,1-2H3;2*7H,5-6H2,1-4H3,(H2,9,10,11)/q+1;;/p-1. The van der Waals surface area contributed by atoms with Crippen LogP contribution in [0.4, 0.5) is 0 Å². The highest BCUT2D eigenvalue weighted by molar-refractivity contribution is 7.51. The Labute approximate surface area is 227 Å². The van der Waals surface area contributed by atoms with E-state index in [1.54, 1.807) is 0 Å². The van der Waals surface area contributed by atoms with E-state index < -0.39 is 15.2 Å². The second-order valence-corrected chi connectivity index (χ2v) is 16.5. The molecule has 0 aliphatic rings. The summed E-state index contributed by atoms with van der Waals surface area (Å²) in [5.41, 5.74) is 0.267. The van der Waals surface area contributed by atoms with Gasteiger partial charge in [0, 0.05) is 6.16 Å². The number of unbranched alkanes of at least 4 members (excludes halogenated alkanes) is 4. The molecule has 0 saturated carbocycles. The van der Waals surface area contributed by atoms with Crippen molar-refractivity contribution >= 4 is 15.2 Å². The van der Waals surface area contributed by atoms with Gasteiger partial charge >= 0.3 is 7.60 Å². The fraction of sp³-hybridized carbons (Fsp3) is 0.889. The third-order valence-electron chi connectivity index (χ3n) is 5.36. The lowest BCUT2D eigenvalue weighted by Crippen LogP contribution is -2.23. The Morgan fingerprint density at radius 3 is 1.68 bits per heavy atom. The van der Waals surface area contributed by atoms with Crippen molar-refractivity contribution in [2.45, 2.75) is 114 Å². The first-order valence-electron chi connectivity index (χ1n) is 13.6. The molecule has 8 nitrogen and oxygen atoms in total. The third-order valence-corrected chi connectivity index (χ3v) is 7.54. The lowest BCUT2D eigenvalue weighted by Gasteiger charge is -2.26. The molecular weight excluding hydrogens is 510 g/mol. The Kier molecular flexibility index (Phi) is 18.8. The number of rotatable bonds is 12. The number of nitrogens with zero attached hydrogens (tertiary/aromatic N) is 2. The molecule has 0 amide bonds. The second kappa shape index (κ2) is 18.0. The van der Waals surface area contributed by atoms with E-state index in [1.807, 2.05) is 13.8 Å². The van der Waals surface area contributed by atoms with E-state index >= 15 is 0 Å². The average molecular weight is 569 g/mol. The van der Waals surface area contributed by atoms with Crippen LogP contribution in [0.3, 0.4) is 0 Å². The maximum absolute atomic E-state index is 10.6. The lowest BCUT2D eigenvalue weighted by molar-refractivity contribution is -0.671. The van der Waals surface area contributed by atoms with E-state index in [0.29, 0.717) is 0 Å². The van der Waals surface area contributed by atoms with Crippen LogP contribution in [0.25, 0.3) is 0 Å². The summed E-state index contributed by atoms with van der Waals surface area (Å²) < 4.78 is 25.5. The molecule has 0 bridgehead atoms. The highest BCUT2D eigenvalue weighted by Gasteiger charge is 2.22. The van der Waals surface area contributed by atoms with Gasteiger partial charge in [0.1, 0.15) is 20.0 Å². The molecule has 0 fully saturated rings. The van der Waals surface area contributed by atoms with E-state index in [4.69, 9.17) is 14.7 Å². The average Bonchev–Trinajstić information content (AvgIpc) is 3.01. The smallest absolute Gasteiger partial charge is 0.325 e. The Hall–Kier alpha value is -0.490. The minimum Gasteiger partial charge on any atom is -0.779 e. The van der Waals surface area contributed by atoms with Gasteiger partial charge in [0.25, 0.3) is 0 Å². The summed E-state index contributed by atoms with van der Waals surface area (Å²) in [5.74, 6) is 0.115. The summed E-state index contributed by atoms with van der Waals surface area (Å²) in [7, 11) is -5.80. The van der Waals surface area contributed by atoms with Crippen LogP contribution >= 0.6 is 15.2 Å². The van der Waals surface area contributed by atoms with E-state index in [0.717, 1.165) is 12.8 Å². The molecule has 1 heterocycles. The van der Waals surface area contributed by atoms with Crippen LogP contribution in [-0.2, 0) is 22.7 Å². The van der Waals surface area contributed by atoms with E-state index in [-0.39, 0.29) is 35.0 Å². The summed E-state index contributed by atoms with van der Waals surface area (Å²) in [4.78, 5) is 36.5. The molecule has 1 aromatic rings. The van der Waals surface area contributed by atoms with Gasteiger partial charge in [0.2, 0.25) is 6.33 Å². The molecular formula is C27H58N2O6P2. The number of aromatic nitrogens is 2. The Morgan fingerprint density at radius 1 is 0.865 bits per heavy atom. The quantitative estimate of drug-likeness (QED) is 0.158. The van der Waals surface area contributed by atoms with Crippen LogP contribution in [-0.4, -0.2) is 31.6 Å². The fourth-order valence-corrected chi connectivity index (χ4v) is 6.41. The van der Waals surface area contributed by atoms with Crippen molar-refractivity contribution in [2.24, 2.45) is 29.7 Å². The van der Waals surface area contributed by atoms with Crippen molar-refractivity contribution in [3.05, 3.63) is 18.7 Å². The van der Waals surface area contributed by atoms with Gasteiger partial charge in [-0.1, -0.05) is 81.6 Å². The normalized spacial score (nSPS) is 15.5. The highest BCUT2D eigenvalue weighted by atomic mass is 31.2. The topological polar surface area (TPSA) is 127 Å². The molecule has 1 aromatic heterocycles. The van der Waals surface area contributed by atoms with Crippen molar-refractivity contribution in [1.29, 1.82) is 0 Å². The molecule has 0 aliphatic heterocycles. The summed E-state index contributed by atoms with van der Waals surface area (Å²) in [6.07, 6.45) is 14.7. The van der Waals surface area contributed by atoms with Gasteiger partial charge in [-0.15, -0.1) is 0 Å². The Morgan fingerprint density at radius 2 is 1.32 bits per heavy atom. The maximum Gasteiger partial charge on any atom is 0.325 e. The van der Waals surface area contributed by atoms with Crippen LogP contribution < -0.4 is 9.46 Å². The van der Waals surface area contributed by atoms with Crippen molar-refractivity contribution in [3.8, 4) is 0 Å². The lowest BCUT2D eigenvalue weighted by atomic mass is 9.86. The molecule has 3 N–H and O–H groups in total. The zero-order valence-corrected chi connectivity index (χ0v) is 27.1. The molecule has 0 saturated heterocycles. The van der Waals surface area contributed by atoms with Crippen LogP contribution in [0.1, 0.15) is 107 Å². The number of aryl methyl sites for hydroxylation is 2. The molecule has 0 spiro atoms. The number of imidazole rings is 1. The van der Waals surface area contributed by atoms with Crippen molar-refractivity contribution < 1.29 is 33.3 Å². The first-order valence-corrected chi connectivity index (χ1v) is 17.2. The molecule has 222 valence electrons. The Bertz CT molecular complexity index is 761. The van der Waals surface area contributed by atoms with E-state index in [1.165, 1.54) is 38.6 Å². The monoisotopic (exact) mass is 568 g/mol. The zero-order valence-electron chi connectivity index (χ0n) is 25.3. The van der Waals surface area contributed by atoms with Gasteiger partial charge < -0.3 is 24.1 Å². The van der Waals surface area contributed by atoms with E-state index in [9.17, 15) is 14.0 Å². The van der Waals surface area contributed by atoms with Gasteiger partial charge in [-0.2, -0.15) is 0 Å². The summed E-state index contributed by atoms with van der Waals surface area (Å²) in [5, 5.41) is 0. The third kappa shape index (κ3) is 31.6. The first-order chi connectivity index (χ1) is 16.5. The summed E-state index contributed by atoms with van der Waals surface area (Å²) in [6.45, 7) is 19.5. The molecule has 37 heavy (non-hydrogen) atoms. The van der Waals surface area contributed by atoms with Gasteiger partial charge in [0.15, 0.2) is 0 Å². The maximum atomic E-state index is 10.6. The van der Waals surface area contributed by atoms with Crippen molar-refractivity contribution in [1.82, 2.24) is 4.57 Å². The molecule has 0 radical (unpaired) electrons. The minimum atomic E-state index is -4.06. The van der Waals surface area contributed by atoms with Crippen molar-refractivity contribution in [3.63, 3.8) is 0 Å². The molecule has 3 unspecified atom stereocenters. The van der Waals surface area contributed by atoms with Crippen LogP contribution in [0.15, 0.2) is 18.7 Å². The zero-order chi connectivity index (χ0) is 29.5. The predicted molar refractivity (Wildman–Crippen MR) is 152 cm³/mol. The van der Waals surface area contributed by atoms with Gasteiger partial charge in [0.05, 0.1) is 19.8 Å². The fourth-order valence-electron chi connectivity index (χ4n) is 4.55. The predicted octanol–water partition coefficient (Wildman–Crippen LogP) is 6.12. The molecule has 0 aliphatic carbocycles. The number of hydrogen-bond donors (Lipinski definition) is 3. The second-order valence-electron chi connectivity index (χ2n) is 13.1. The van der Waals surface area contributed by atoms with Crippen LogP contribution in [0, 0.1) is 22.7 Å². The number of hydrogen-bond acceptors (Lipinski definition) is 3. The highest BCUT2D eigenvalue weighted by Crippen LogP contribution is 2.39. The van der Waals surface area contributed by atoms with E-state index in [2.05, 4.69) is 83.4 Å². The molecule has 3 atom stereocenters. The molecule has 0 aromatic carbocycles. The van der Waals surface area contributed by atoms with Crippen LogP contribution in [0.2, 0.25) is 0 Å². The van der Waals surface area contributed by atoms with Gasteiger partial charge in [-0.3, -0.25) is 4.57 Å². The first kappa shape index (κ1) is 38.7. The molecule has 1 rings (SSSR count). The Balaban J connectivity index is 0. The largest absolute Gasteiger partial charge is 0.779 e. The summed E-state index contributed by atoms with van der Waals surface area (Å²) >= 11 is 0. The van der Waals surface area contributed by atoms with Gasteiger partial charge in [-0.05, 0) is 48.3 Å². The molecule has 10 heteroatoms. The van der Waals surface area contributed by atoms with Gasteiger partial charge in [-0.25, -0.2) is 9.13 Å².